The normalized spacial score (nSPS) is 10.9. The van der Waals surface area contributed by atoms with Crippen LogP contribution in [0.2, 0.25) is 0 Å². The van der Waals surface area contributed by atoms with Gasteiger partial charge in [-0.3, -0.25) is 4.72 Å². The van der Waals surface area contributed by atoms with Crippen LogP contribution >= 0.6 is 0 Å². The summed E-state index contributed by atoms with van der Waals surface area (Å²) in [6, 6.07) is 15.3. The third-order valence-corrected chi connectivity index (χ3v) is 3.85. The number of benzene rings is 2. The minimum absolute atomic E-state index is 0.233. The van der Waals surface area contributed by atoms with E-state index in [1.807, 2.05) is 6.07 Å². The minimum Gasteiger partial charge on any atom is -0.280 e. The zero-order valence-electron chi connectivity index (χ0n) is 9.71. The summed E-state index contributed by atoms with van der Waals surface area (Å²) in [4.78, 5) is 0.233. The average Bonchev–Trinajstić information content (AvgIpc) is 2.39. The van der Waals surface area contributed by atoms with Crippen molar-refractivity contribution in [3.8, 4) is 0 Å². The topological polar surface area (TPSA) is 46.2 Å². The van der Waals surface area contributed by atoms with Crippen molar-refractivity contribution in [2.75, 3.05) is 4.72 Å². The van der Waals surface area contributed by atoms with E-state index in [2.05, 4.69) is 11.3 Å². The molecular formula is C14H13NO2S. The van der Waals surface area contributed by atoms with Gasteiger partial charge in [0.15, 0.2) is 0 Å². The lowest BCUT2D eigenvalue weighted by molar-refractivity contribution is 0.601. The first-order valence-electron chi connectivity index (χ1n) is 5.42. The SMILES string of the molecule is C=Cc1ccc(S(=O)(=O)Nc2ccccc2)cc1. The summed E-state index contributed by atoms with van der Waals surface area (Å²) in [6.07, 6.45) is 1.67. The van der Waals surface area contributed by atoms with Gasteiger partial charge in [0.1, 0.15) is 0 Å². The first-order chi connectivity index (χ1) is 8.62. The predicted molar refractivity (Wildman–Crippen MR) is 73.8 cm³/mol. The van der Waals surface area contributed by atoms with E-state index in [0.717, 1.165) is 5.56 Å². The lowest BCUT2D eigenvalue weighted by atomic mass is 10.2. The van der Waals surface area contributed by atoms with Gasteiger partial charge in [0, 0.05) is 5.69 Å². The second-order valence-electron chi connectivity index (χ2n) is 3.74. The van der Waals surface area contributed by atoms with E-state index in [4.69, 9.17) is 0 Å². The molecule has 0 aliphatic rings. The van der Waals surface area contributed by atoms with Crippen LogP contribution in [0, 0.1) is 0 Å². The number of para-hydroxylation sites is 1. The Morgan fingerprint density at radius 3 is 2.11 bits per heavy atom. The van der Waals surface area contributed by atoms with E-state index in [0.29, 0.717) is 5.69 Å². The molecule has 0 unspecified atom stereocenters. The maximum Gasteiger partial charge on any atom is 0.261 e. The van der Waals surface area contributed by atoms with Crippen molar-refractivity contribution >= 4 is 21.8 Å². The van der Waals surface area contributed by atoms with Crippen molar-refractivity contribution in [1.29, 1.82) is 0 Å². The number of hydrogen-bond donors (Lipinski definition) is 1. The molecule has 0 aromatic heterocycles. The average molecular weight is 259 g/mol. The standard InChI is InChI=1S/C14H13NO2S/c1-2-12-8-10-14(11-9-12)18(16,17)15-13-6-4-3-5-7-13/h2-11,15H,1H2. The molecule has 2 rings (SSSR count). The van der Waals surface area contributed by atoms with Crippen LogP contribution in [0.25, 0.3) is 6.08 Å². The molecule has 0 fully saturated rings. The van der Waals surface area contributed by atoms with Crippen LogP contribution in [-0.4, -0.2) is 8.42 Å². The summed E-state index contributed by atoms with van der Waals surface area (Å²) in [6.45, 7) is 3.63. The van der Waals surface area contributed by atoms with E-state index >= 15 is 0 Å². The van der Waals surface area contributed by atoms with E-state index in [9.17, 15) is 8.42 Å². The lowest BCUT2D eigenvalue weighted by Crippen LogP contribution is -2.12. The number of anilines is 1. The molecule has 0 atom stereocenters. The Morgan fingerprint density at radius 1 is 0.944 bits per heavy atom. The molecule has 0 saturated carbocycles. The number of rotatable bonds is 4. The molecule has 4 heteroatoms. The zero-order valence-corrected chi connectivity index (χ0v) is 10.5. The molecule has 18 heavy (non-hydrogen) atoms. The summed E-state index contributed by atoms with van der Waals surface area (Å²) in [5, 5.41) is 0. The first-order valence-corrected chi connectivity index (χ1v) is 6.90. The number of sulfonamides is 1. The molecular weight excluding hydrogens is 246 g/mol. The van der Waals surface area contributed by atoms with Crippen molar-refractivity contribution in [2.45, 2.75) is 4.90 Å². The molecule has 3 nitrogen and oxygen atoms in total. The molecule has 0 saturated heterocycles. The molecule has 0 amide bonds. The fraction of sp³-hybridized carbons (Fsp3) is 0. The largest absolute Gasteiger partial charge is 0.280 e. The van der Waals surface area contributed by atoms with E-state index < -0.39 is 10.0 Å². The Hall–Kier alpha value is -2.07. The second-order valence-corrected chi connectivity index (χ2v) is 5.43. The summed E-state index contributed by atoms with van der Waals surface area (Å²) >= 11 is 0. The Morgan fingerprint density at radius 2 is 1.56 bits per heavy atom. The Bertz CT molecular complexity index is 631. The lowest BCUT2D eigenvalue weighted by Gasteiger charge is -2.07. The van der Waals surface area contributed by atoms with Gasteiger partial charge in [-0.05, 0) is 29.8 Å². The summed E-state index contributed by atoms with van der Waals surface area (Å²) in [5.74, 6) is 0. The van der Waals surface area contributed by atoms with Gasteiger partial charge in [-0.2, -0.15) is 0 Å². The Kier molecular flexibility index (Phi) is 3.48. The van der Waals surface area contributed by atoms with E-state index in [1.165, 1.54) is 0 Å². The van der Waals surface area contributed by atoms with E-state index in [1.54, 1.807) is 54.6 Å². The molecule has 0 aliphatic carbocycles. The van der Waals surface area contributed by atoms with Crippen LogP contribution in [0.4, 0.5) is 5.69 Å². The monoisotopic (exact) mass is 259 g/mol. The van der Waals surface area contributed by atoms with E-state index in [-0.39, 0.29) is 4.90 Å². The Labute approximate surface area is 107 Å². The molecule has 0 heterocycles. The smallest absolute Gasteiger partial charge is 0.261 e. The highest BCUT2D eigenvalue weighted by Crippen LogP contribution is 2.16. The minimum atomic E-state index is -3.52. The van der Waals surface area contributed by atoms with Crippen LogP contribution in [0.1, 0.15) is 5.56 Å². The molecule has 2 aromatic carbocycles. The van der Waals surface area contributed by atoms with Crippen LogP contribution in [0.15, 0.2) is 66.1 Å². The van der Waals surface area contributed by atoms with Gasteiger partial charge in [0.25, 0.3) is 10.0 Å². The van der Waals surface area contributed by atoms with Gasteiger partial charge < -0.3 is 0 Å². The number of nitrogens with one attached hydrogen (secondary N) is 1. The zero-order chi connectivity index (χ0) is 13.0. The summed E-state index contributed by atoms with van der Waals surface area (Å²) in [7, 11) is -3.52. The molecule has 0 radical (unpaired) electrons. The fourth-order valence-corrected chi connectivity index (χ4v) is 2.56. The van der Waals surface area contributed by atoms with Crippen molar-refractivity contribution in [2.24, 2.45) is 0 Å². The summed E-state index contributed by atoms with van der Waals surface area (Å²) in [5.41, 5.74) is 1.43. The molecule has 2 aromatic rings. The quantitative estimate of drug-likeness (QED) is 0.917. The first kappa shape index (κ1) is 12.4. The highest BCUT2D eigenvalue weighted by molar-refractivity contribution is 7.92. The molecule has 1 N–H and O–H groups in total. The molecule has 92 valence electrons. The van der Waals surface area contributed by atoms with Crippen molar-refractivity contribution in [3.05, 3.63) is 66.7 Å². The van der Waals surface area contributed by atoms with Gasteiger partial charge >= 0.3 is 0 Å². The van der Waals surface area contributed by atoms with Crippen molar-refractivity contribution < 1.29 is 8.42 Å². The molecule has 0 spiro atoms. The summed E-state index contributed by atoms with van der Waals surface area (Å²) < 4.78 is 26.6. The van der Waals surface area contributed by atoms with Crippen LogP contribution in [-0.2, 0) is 10.0 Å². The molecule has 0 bridgehead atoms. The maximum absolute atomic E-state index is 12.1. The predicted octanol–water partition coefficient (Wildman–Crippen LogP) is 3.13. The highest BCUT2D eigenvalue weighted by atomic mass is 32.2. The fourth-order valence-electron chi connectivity index (χ4n) is 1.50. The van der Waals surface area contributed by atoms with Crippen molar-refractivity contribution in [3.63, 3.8) is 0 Å². The van der Waals surface area contributed by atoms with Gasteiger partial charge in [0.2, 0.25) is 0 Å². The third-order valence-electron chi connectivity index (χ3n) is 2.45. The van der Waals surface area contributed by atoms with Gasteiger partial charge in [-0.25, -0.2) is 8.42 Å². The van der Waals surface area contributed by atoms with Gasteiger partial charge in [0.05, 0.1) is 4.90 Å². The third kappa shape index (κ3) is 2.78. The van der Waals surface area contributed by atoms with Gasteiger partial charge in [-0.1, -0.05) is 43.0 Å². The maximum atomic E-state index is 12.1. The Balaban J connectivity index is 2.28. The molecule has 0 aliphatic heterocycles. The van der Waals surface area contributed by atoms with Gasteiger partial charge in [-0.15, -0.1) is 0 Å². The van der Waals surface area contributed by atoms with Crippen LogP contribution < -0.4 is 4.72 Å². The highest BCUT2D eigenvalue weighted by Gasteiger charge is 2.13. The van der Waals surface area contributed by atoms with Crippen LogP contribution in [0.3, 0.4) is 0 Å². The van der Waals surface area contributed by atoms with Crippen LogP contribution in [0.5, 0.6) is 0 Å². The number of hydrogen-bond acceptors (Lipinski definition) is 2. The second kappa shape index (κ2) is 5.06. The van der Waals surface area contributed by atoms with Crippen molar-refractivity contribution in [1.82, 2.24) is 0 Å².